The quantitative estimate of drug-likeness (QED) is 0.473. The number of nitrogens with one attached hydrogen (secondary N) is 1. The summed E-state index contributed by atoms with van der Waals surface area (Å²) in [5, 5.41) is 4.80. The molecule has 1 aromatic carbocycles. The third kappa shape index (κ3) is 4.16. The minimum atomic E-state index is -0.975. The van der Waals surface area contributed by atoms with Crippen molar-refractivity contribution in [1.82, 2.24) is 5.32 Å². The van der Waals surface area contributed by atoms with Gasteiger partial charge in [0.25, 0.3) is 0 Å². The van der Waals surface area contributed by atoms with Gasteiger partial charge in [0.05, 0.1) is 27.9 Å². The summed E-state index contributed by atoms with van der Waals surface area (Å²) >= 11 is 1.48. The van der Waals surface area contributed by atoms with Gasteiger partial charge < -0.3 is 24.3 Å². The number of carbonyl (C=O) groups is 3. The van der Waals surface area contributed by atoms with E-state index in [-0.39, 0.29) is 24.7 Å². The van der Waals surface area contributed by atoms with Gasteiger partial charge in [-0.15, -0.1) is 11.3 Å². The molecule has 34 heavy (non-hydrogen) atoms. The fraction of sp³-hybridized carbons (Fsp3) is 0.400. The standard InChI is InChI=1S/C25H27NO7S/c1-5-33-25(29)22-15(19-7-6-8-34-19)11-16-21(23(22)28)14(12-20(27)26-16)13-9-17(30-2)24(32-4)18(10-13)31-3/h6-10,14-15,22H,5,11-12H2,1-4H3,(H,26,27)/t14-,15-,22+/m1/s1. The number of rotatable bonds is 7. The van der Waals surface area contributed by atoms with Crippen LogP contribution in [0.1, 0.15) is 42.0 Å². The van der Waals surface area contributed by atoms with Crippen LogP contribution in [0.5, 0.6) is 17.2 Å². The van der Waals surface area contributed by atoms with Crippen molar-refractivity contribution < 1.29 is 33.3 Å². The second-order valence-electron chi connectivity index (χ2n) is 8.08. The van der Waals surface area contributed by atoms with E-state index in [4.69, 9.17) is 18.9 Å². The number of ketones is 1. The molecule has 0 unspecified atom stereocenters. The van der Waals surface area contributed by atoms with Gasteiger partial charge in [0, 0.05) is 34.4 Å². The van der Waals surface area contributed by atoms with Gasteiger partial charge in [0.1, 0.15) is 5.92 Å². The summed E-state index contributed by atoms with van der Waals surface area (Å²) in [6.07, 6.45) is 0.417. The number of amides is 1. The minimum Gasteiger partial charge on any atom is -0.493 e. The first-order valence-corrected chi connectivity index (χ1v) is 11.9. The first-order valence-electron chi connectivity index (χ1n) is 11.0. The van der Waals surface area contributed by atoms with E-state index in [9.17, 15) is 14.4 Å². The molecule has 9 heteroatoms. The van der Waals surface area contributed by atoms with Crippen molar-refractivity contribution in [3.8, 4) is 17.2 Å². The highest BCUT2D eigenvalue weighted by molar-refractivity contribution is 7.10. The molecule has 0 radical (unpaired) electrons. The van der Waals surface area contributed by atoms with Gasteiger partial charge >= 0.3 is 5.97 Å². The Morgan fingerprint density at radius 1 is 1.09 bits per heavy atom. The number of Topliss-reactive ketones (excluding diaryl/α,β-unsaturated/α-hetero) is 1. The topological polar surface area (TPSA) is 100 Å². The SMILES string of the molecule is CCOC(=O)[C@@H]1C(=O)C2=C(C[C@@H]1c1cccs1)NC(=O)C[C@@H]2c1cc(OC)c(OC)c(OC)c1. The number of benzene rings is 1. The molecule has 0 spiro atoms. The lowest BCUT2D eigenvalue weighted by molar-refractivity contribution is -0.152. The average Bonchev–Trinajstić information content (AvgIpc) is 3.37. The number of methoxy groups -OCH3 is 3. The van der Waals surface area contributed by atoms with Crippen molar-refractivity contribution in [2.45, 2.75) is 31.6 Å². The van der Waals surface area contributed by atoms with Crippen LogP contribution >= 0.6 is 11.3 Å². The van der Waals surface area contributed by atoms with Crippen LogP contribution in [0, 0.1) is 5.92 Å². The zero-order chi connectivity index (χ0) is 24.4. The molecule has 1 amide bonds. The summed E-state index contributed by atoms with van der Waals surface area (Å²) in [5.41, 5.74) is 1.65. The molecule has 0 bridgehead atoms. The molecule has 1 aliphatic heterocycles. The van der Waals surface area contributed by atoms with E-state index in [1.54, 1.807) is 19.1 Å². The van der Waals surface area contributed by atoms with Crippen molar-refractivity contribution in [2.75, 3.05) is 27.9 Å². The van der Waals surface area contributed by atoms with Crippen molar-refractivity contribution in [1.29, 1.82) is 0 Å². The first kappa shape index (κ1) is 23.8. The largest absolute Gasteiger partial charge is 0.493 e. The smallest absolute Gasteiger partial charge is 0.317 e. The van der Waals surface area contributed by atoms with Crippen molar-refractivity contribution >= 4 is 29.0 Å². The van der Waals surface area contributed by atoms with Gasteiger partial charge in [-0.05, 0) is 42.5 Å². The molecule has 1 aliphatic carbocycles. The lowest BCUT2D eigenvalue weighted by Crippen LogP contribution is -2.44. The van der Waals surface area contributed by atoms with Gasteiger partial charge in [-0.3, -0.25) is 14.4 Å². The predicted octanol–water partition coefficient (Wildman–Crippen LogP) is 3.57. The molecule has 2 heterocycles. The van der Waals surface area contributed by atoms with E-state index in [2.05, 4.69) is 5.32 Å². The van der Waals surface area contributed by atoms with Gasteiger partial charge in [0.2, 0.25) is 11.7 Å². The Labute approximate surface area is 201 Å². The molecule has 8 nitrogen and oxygen atoms in total. The predicted molar refractivity (Wildman–Crippen MR) is 125 cm³/mol. The molecule has 0 saturated heterocycles. The summed E-state index contributed by atoms with van der Waals surface area (Å²) in [6, 6.07) is 7.27. The normalized spacial score (nSPS) is 22.1. The maximum atomic E-state index is 13.9. The van der Waals surface area contributed by atoms with Crippen LogP contribution < -0.4 is 19.5 Å². The van der Waals surface area contributed by atoms with Gasteiger partial charge in [-0.25, -0.2) is 0 Å². The number of allylic oxidation sites excluding steroid dienone is 2. The average molecular weight is 486 g/mol. The molecule has 2 aromatic rings. The Bertz CT molecular complexity index is 1110. The Morgan fingerprint density at radius 3 is 2.35 bits per heavy atom. The minimum absolute atomic E-state index is 0.0580. The molecule has 0 saturated carbocycles. The third-order valence-corrected chi connectivity index (χ3v) is 7.27. The zero-order valence-corrected chi connectivity index (χ0v) is 20.3. The maximum Gasteiger partial charge on any atom is 0.317 e. The fourth-order valence-corrected chi connectivity index (χ4v) is 5.68. The lowest BCUT2D eigenvalue weighted by atomic mass is 9.69. The second kappa shape index (κ2) is 9.89. The molecule has 4 rings (SSSR count). The van der Waals surface area contributed by atoms with E-state index >= 15 is 0 Å². The molecule has 1 N–H and O–H groups in total. The van der Waals surface area contributed by atoms with E-state index in [0.717, 1.165) is 4.88 Å². The highest BCUT2D eigenvalue weighted by Crippen LogP contribution is 2.48. The van der Waals surface area contributed by atoms with Crippen LogP contribution in [0.25, 0.3) is 0 Å². The molecular formula is C25H27NO7S. The summed E-state index contributed by atoms with van der Waals surface area (Å²) in [5.74, 6) is -1.73. The fourth-order valence-electron chi connectivity index (χ4n) is 4.81. The number of hydrogen-bond acceptors (Lipinski definition) is 8. The van der Waals surface area contributed by atoms with E-state index in [0.29, 0.717) is 40.5 Å². The van der Waals surface area contributed by atoms with Crippen LogP contribution in [-0.4, -0.2) is 45.6 Å². The highest BCUT2D eigenvalue weighted by atomic mass is 32.1. The van der Waals surface area contributed by atoms with E-state index in [1.807, 2.05) is 17.5 Å². The summed E-state index contributed by atoms with van der Waals surface area (Å²) in [4.78, 5) is 40.5. The van der Waals surface area contributed by atoms with Crippen LogP contribution in [0.15, 0.2) is 40.9 Å². The Kier molecular flexibility index (Phi) is 6.92. The number of carbonyl (C=O) groups excluding carboxylic acids is 3. The highest BCUT2D eigenvalue weighted by Gasteiger charge is 2.48. The van der Waals surface area contributed by atoms with Gasteiger partial charge in [0.15, 0.2) is 17.3 Å². The summed E-state index contributed by atoms with van der Waals surface area (Å²) in [6.45, 7) is 1.90. The molecular weight excluding hydrogens is 458 g/mol. The van der Waals surface area contributed by atoms with E-state index in [1.165, 1.54) is 32.7 Å². The van der Waals surface area contributed by atoms with Crippen molar-refractivity contribution in [3.63, 3.8) is 0 Å². The van der Waals surface area contributed by atoms with Gasteiger partial charge in [-0.2, -0.15) is 0 Å². The van der Waals surface area contributed by atoms with Crippen molar-refractivity contribution in [2.24, 2.45) is 5.92 Å². The van der Waals surface area contributed by atoms with E-state index < -0.39 is 23.7 Å². The van der Waals surface area contributed by atoms with Crippen LogP contribution in [0.3, 0.4) is 0 Å². The van der Waals surface area contributed by atoms with Crippen LogP contribution in [0.4, 0.5) is 0 Å². The second-order valence-corrected chi connectivity index (χ2v) is 9.06. The molecule has 1 aromatic heterocycles. The number of ether oxygens (including phenoxy) is 4. The van der Waals surface area contributed by atoms with Crippen LogP contribution in [0.2, 0.25) is 0 Å². The summed E-state index contributed by atoms with van der Waals surface area (Å²) < 4.78 is 21.7. The Morgan fingerprint density at radius 2 is 1.79 bits per heavy atom. The van der Waals surface area contributed by atoms with Crippen LogP contribution in [-0.2, 0) is 19.1 Å². The molecule has 0 fully saturated rings. The molecule has 180 valence electrons. The molecule has 2 aliphatic rings. The maximum absolute atomic E-state index is 13.9. The lowest BCUT2D eigenvalue weighted by Gasteiger charge is -2.37. The summed E-state index contributed by atoms with van der Waals surface area (Å²) in [7, 11) is 4.52. The Hall–Kier alpha value is -3.33. The number of esters is 1. The number of hydrogen-bond donors (Lipinski definition) is 1. The monoisotopic (exact) mass is 485 g/mol. The Balaban J connectivity index is 1.85. The number of thiophene rings is 1. The van der Waals surface area contributed by atoms with Gasteiger partial charge in [-0.1, -0.05) is 6.07 Å². The third-order valence-electron chi connectivity index (χ3n) is 6.27. The van der Waals surface area contributed by atoms with Crippen molar-refractivity contribution in [3.05, 3.63) is 51.4 Å². The molecule has 3 atom stereocenters. The first-order chi connectivity index (χ1) is 16.4. The zero-order valence-electron chi connectivity index (χ0n) is 19.5.